The predicted octanol–water partition coefficient (Wildman–Crippen LogP) is 5.88. The van der Waals surface area contributed by atoms with E-state index in [0.717, 1.165) is 27.8 Å². The van der Waals surface area contributed by atoms with E-state index in [1.54, 1.807) is 12.3 Å². The van der Waals surface area contributed by atoms with E-state index in [-0.39, 0.29) is 5.56 Å². The highest BCUT2D eigenvalue weighted by atomic mass is 79.9. The Morgan fingerprint density at radius 3 is 2.56 bits per heavy atom. The summed E-state index contributed by atoms with van der Waals surface area (Å²) in [7, 11) is 0. The number of hydrogen-bond acceptors (Lipinski definition) is 3. The number of benzene rings is 2. The fourth-order valence-corrected chi connectivity index (χ4v) is 4.61. The quantitative estimate of drug-likeness (QED) is 0.328. The molecule has 6 heteroatoms. The molecule has 0 spiro atoms. The van der Waals surface area contributed by atoms with E-state index < -0.39 is 0 Å². The van der Waals surface area contributed by atoms with Gasteiger partial charge in [-0.2, -0.15) is 9.78 Å². The van der Waals surface area contributed by atoms with Crippen LogP contribution in [0.1, 0.15) is 47.8 Å². The molecule has 0 aliphatic rings. The van der Waals surface area contributed by atoms with Crippen LogP contribution in [0.3, 0.4) is 0 Å². The van der Waals surface area contributed by atoms with Crippen molar-refractivity contribution in [2.45, 2.75) is 47.5 Å². The number of fused-ring (bicyclic) bond motifs is 1. The van der Waals surface area contributed by atoms with E-state index in [1.807, 2.05) is 19.1 Å². The summed E-state index contributed by atoms with van der Waals surface area (Å²) in [6.45, 7) is 10.5. The summed E-state index contributed by atoms with van der Waals surface area (Å²) < 4.78 is 4.55. The lowest BCUT2D eigenvalue weighted by Gasteiger charge is -2.17. The van der Waals surface area contributed by atoms with E-state index in [0.29, 0.717) is 23.1 Å². The Morgan fingerprint density at radius 2 is 1.84 bits per heavy atom. The summed E-state index contributed by atoms with van der Waals surface area (Å²) in [5.74, 6) is 0.641. The zero-order valence-corrected chi connectivity index (χ0v) is 20.7. The smallest absolute Gasteiger partial charge is 0.282 e. The minimum absolute atomic E-state index is 0.162. The van der Waals surface area contributed by atoms with Crippen molar-refractivity contribution >= 4 is 33.0 Å². The Balaban J connectivity index is 1.84. The molecular formula is C26H27BrN4O. The van der Waals surface area contributed by atoms with Gasteiger partial charge in [-0.05, 0) is 62.6 Å². The fraction of sp³-hybridized carbons (Fsp3) is 0.269. The zero-order valence-electron chi connectivity index (χ0n) is 19.1. The zero-order chi connectivity index (χ0) is 23.0. The normalized spacial score (nSPS) is 11.7. The van der Waals surface area contributed by atoms with Crippen molar-refractivity contribution in [1.82, 2.24) is 14.2 Å². The van der Waals surface area contributed by atoms with Crippen molar-refractivity contribution in [3.05, 3.63) is 91.2 Å². The molecule has 2 aromatic heterocycles. The van der Waals surface area contributed by atoms with E-state index in [9.17, 15) is 4.79 Å². The highest BCUT2D eigenvalue weighted by Crippen LogP contribution is 2.26. The second-order valence-electron chi connectivity index (χ2n) is 8.00. The molecular weight excluding hydrogens is 464 g/mol. The average Bonchev–Trinajstić information content (AvgIpc) is 3.06. The molecule has 2 heterocycles. The molecule has 0 amide bonds. The van der Waals surface area contributed by atoms with E-state index in [2.05, 4.69) is 82.5 Å². The maximum atomic E-state index is 13.2. The molecule has 164 valence electrons. The van der Waals surface area contributed by atoms with Gasteiger partial charge in [0.15, 0.2) is 0 Å². The molecule has 4 aromatic rings. The molecule has 0 aliphatic heterocycles. The van der Waals surface area contributed by atoms with Crippen LogP contribution in [0.4, 0.5) is 0 Å². The number of hydrogen-bond donors (Lipinski definition) is 0. The van der Waals surface area contributed by atoms with Gasteiger partial charge in [-0.3, -0.25) is 4.79 Å². The lowest BCUT2D eigenvalue weighted by Crippen LogP contribution is -2.22. The first-order valence-electron chi connectivity index (χ1n) is 10.9. The molecule has 0 bridgehead atoms. The molecule has 5 nitrogen and oxygen atoms in total. The second-order valence-corrected chi connectivity index (χ2v) is 8.92. The van der Waals surface area contributed by atoms with Crippen LogP contribution >= 0.6 is 15.9 Å². The SMILES string of the molecule is CCc1cccc(C)c1-n1c(C)cc(C=Nn2c(CC)nc3ccc(Br)cc3c2=O)c1C. The number of aromatic nitrogens is 3. The number of nitrogens with zero attached hydrogens (tertiary/aromatic N) is 4. The first-order chi connectivity index (χ1) is 15.3. The van der Waals surface area contributed by atoms with Gasteiger partial charge >= 0.3 is 0 Å². The van der Waals surface area contributed by atoms with Gasteiger partial charge in [-0.1, -0.05) is 48.0 Å². The third-order valence-corrected chi connectivity index (χ3v) is 6.39. The average molecular weight is 491 g/mol. The van der Waals surface area contributed by atoms with Crippen LogP contribution in [0.25, 0.3) is 16.6 Å². The van der Waals surface area contributed by atoms with E-state index in [4.69, 9.17) is 0 Å². The summed E-state index contributed by atoms with van der Waals surface area (Å²) in [6.07, 6.45) is 3.35. The topological polar surface area (TPSA) is 52.2 Å². The number of para-hydroxylation sites is 1. The van der Waals surface area contributed by atoms with Gasteiger partial charge in [-0.25, -0.2) is 4.98 Å². The van der Waals surface area contributed by atoms with Crippen molar-refractivity contribution in [2.75, 3.05) is 0 Å². The molecule has 32 heavy (non-hydrogen) atoms. The van der Waals surface area contributed by atoms with Gasteiger partial charge in [0, 0.05) is 27.8 Å². The Hall–Kier alpha value is -2.99. The Morgan fingerprint density at radius 1 is 1.06 bits per heavy atom. The van der Waals surface area contributed by atoms with E-state index in [1.165, 1.54) is 21.5 Å². The lowest BCUT2D eigenvalue weighted by molar-refractivity contribution is 0.734. The summed E-state index contributed by atoms with van der Waals surface area (Å²) in [6, 6.07) is 14.1. The van der Waals surface area contributed by atoms with Crippen LogP contribution in [0.2, 0.25) is 0 Å². The van der Waals surface area contributed by atoms with Crippen molar-refractivity contribution in [2.24, 2.45) is 5.10 Å². The number of halogens is 1. The molecule has 0 aliphatic carbocycles. The lowest BCUT2D eigenvalue weighted by atomic mass is 10.1. The molecule has 2 aromatic carbocycles. The number of aryl methyl sites for hydroxylation is 4. The summed E-state index contributed by atoms with van der Waals surface area (Å²) in [5, 5.41) is 5.14. The summed E-state index contributed by atoms with van der Waals surface area (Å²) in [5.41, 5.74) is 7.52. The molecule has 0 atom stereocenters. The minimum atomic E-state index is -0.162. The standard InChI is InChI=1S/C26H27BrN4O/c1-6-19-10-8-9-16(3)25(19)30-17(4)13-20(18(30)5)15-28-31-24(7-2)29-23-12-11-21(27)14-22(23)26(31)32/h8-15H,6-7H2,1-5H3. The van der Waals surface area contributed by atoms with Crippen molar-refractivity contribution in [3.8, 4) is 5.69 Å². The van der Waals surface area contributed by atoms with E-state index >= 15 is 0 Å². The minimum Gasteiger partial charge on any atom is -0.317 e. The Bertz CT molecular complexity index is 1410. The van der Waals surface area contributed by atoms with Gasteiger partial charge in [0.1, 0.15) is 5.82 Å². The van der Waals surface area contributed by atoms with Crippen molar-refractivity contribution in [3.63, 3.8) is 0 Å². The van der Waals surface area contributed by atoms with Crippen LogP contribution < -0.4 is 5.56 Å². The summed E-state index contributed by atoms with van der Waals surface area (Å²) >= 11 is 3.45. The van der Waals surface area contributed by atoms with Gasteiger partial charge < -0.3 is 4.57 Å². The van der Waals surface area contributed by atoms with Crippen LogP contribution in [0.5, 0.6) is 0 Å². The second kappa shape index (κ2) is 8.87. The largest absolute Gasteiger partial charge is 0.317 e. The highest BCUT2D eigenvalue weighted by molar-refractivity contribution is 9.10. The molecule has 0 saturated heterocycles. The molecule has 0 fully saturated rings. The first kappa shape index (κ1) is 22.2. The van der Waals surface area contributed by atoms with Gasteiger partial charge in [-0.15, -0.1) is 0 Å². The maximum Gasteiger partial charge on any atom is 0.282 e. The molecule has 0 N–H and O–H groups in total. The maximum absolute atomic E-state index is 13.2. The molecule has 0 unspecified atom stereocenters. The van der Waals surface area contributed by atoms with Gasteiger partial charge in [0.05, 0.1) is 22.8 Å². The van der Waals surface area contributed by atoms with Crippen LogP contribution in [0.15, 0.2) is 56.8 Å². The van der Waals surface area contributed by atoms with Crippen LogP contribution in [-0.4, -0.2) is 20.4 Å². The molecule has 0 radical (unpaired) electrons. The third-order valence-electron chi connectivity index (χ3n) is 5.90. The third kappa shape index (κ3) is 3.84. The summed E-state index contributed by atoms with van der Waals surface area (Å²) in [4.78, 5) is 17.8. The van der Waals surface area contributed by atoms with Gasteiger partial charge in [0.2, 0.25) is 0 Å². The predicted molar refractivity (Wildman–Crippen MR) is 135 cm³/mol. The van der Waals surface area contributed by atoms with Crippen LogP contribution in [0, 0.1) is 20.8 Å². The monoisotopic (exact) mass is 490 g/mol. The fourth-order valence-electron chi connectivity index (χ4n) is 4.25. The molecule has 4 rings (SSSR count). The van der Waals surface area contributed by atoms with Crippen molar-refractivity contribution in [1.29, 1.82) is 0 Å². The molecule has 0 saturated carbocycles. The van der Waals surface area contributed by atoms with Crippen LogP contribution in [-0.2, 0) is 12.8 Å². The Labute approximate surface area is 196 Å². The Kier molecular flexibility index (Phi) is 6.15. The number of rotatable bonds is 5. The highest BCUT2D eigenvalue weighted by Gasteiger charge is 2.15. The van der Waals surface area contributed by atoms with Gasteiger partial charge in [0.25, 0.3) is 5.56 Å². The van der Waals surface area contributed by atoms with Crippen molar-refractivity contribution < 1.29 is 0 Å². The first-order valence-corrected chi connectivity index (χ1v) is 11.7.